The van der Waals surface area contributed by atoms with Crippen LogP contribution in [0.25, 0.3) is 0 Å². The number of aliphatic hydroxyl groups excluding tert-OH is 1. The average molecular weight is 408 g/mol. The third-order valence-corrected chi connectivity index (χ3v) is 6.74. The molecule has 30 heavy (non-hydrogen) atoms. The number of piperidine rings is 1. The topological polar surface area (TPSA) is 62.2 Å². The summed E-state index contributed by atoms with van der Waals surface area (Å²) >= 11 is 0. The van der Waals surface area contributed by atoms with Crippen LogP contribution < -0.4 is 14.4 Å². The van der Waals surface area contributed by atoms with Gasteiger partial charge >= 0.3 is 0 Å². The summed E-state index contributed by atoms with van der Waals surface area (Å²) in [7, 11) is 1.87. The van der Waals surface area contributed by atoms with E-state index in [9.17, 15) is 9.90 Å². The summed E-state index contributed by atoms with van der Waals surface area (Å²) in [5.74, 6) is 1.94. The van der Waals surface area contributed by atoms with E-state index in [1.54, 1.807) is 4.90 Å². The minimum absolute atomic E-state index is 0.0372. The van der Waals surface area contributed by atoms with Gasteiger partial charge in [-0.3, -0.25) is 4.79 Å². The van der Waals surface area contributed by atoms with Crippen molar-refractivity contribution in [3.8, 4) is 11.5 Å². The number of aliphatic hydroxyl groups is 1. The molecule has 158 valence electrons. The lowest BCUT2D eigenvalue weighted by Gasteiger charge is -2.37. The van der Waals surface area contributed by atoms with E-state index >= 15 is 0 Å². The maximum absolute atomic E-state index is 12.9. The Hall–Kier alpha value is -2.57. The number of likely N-dealkylation sites (N-methyl/N-ethyl adjacent to an activating group) is 1. The standard InChI is InChI=1S/C24H28N2O4/c1-25-18-7-3-2-6-17(18)23(24(25)28)16-10-12-26(13-11-16)14-19(27)22-15-29-20-8-4-5-9-21(20)30-22/h2-9,16,19,22-23,27H,10-15H2,1H3. The summed E-state index contributed by atoms with van der Waals surface area (Å²) in [5, 5.41) is 10.7. The lowest BCUT2D eigenvalue weighted by Crippen LogP contribution is -2.48. The number of anilines is 1. The molecule has 6 nitrogen and oxygen atoms in total. The highest BCUT2D eigenvalue weighted by molar-refractivity contribution is 6.04. The van der Waals surface area contributed by atoms with Gasteiger partial charge in [-0.2, -0.15) is 0 Å². The number of β-amino-alcohol motifs (C(OH)–C–C–N with tert-alkyl or cyclic N) is 1. The van der Waals surface area contributed by atoms with Crippen LogP contribution in [0.4, 0.5) is 5.69 Å². The predicted octanol–water partition coefficient (Wildman–Crippen LogP) is 2.66. The summed E-state index contributed by atoms with van der Waals surface area (Å²) in [6, 6.07) is 15.7. The maximum atomic E-state index is 12.9. The number of benzene rings is 2. The molecule has 1 fully saturated rings. The summed E-state index contributed by atoms with van der Waals surface area (Å²) < 4.78 is 11.7. The molecule has 1 amide bonds. The van der Waals surface area contributed by atoms with Crippen molar-refractivity contribution in [1.29, 1.82) is 0 Å². The minimum Gasteiger partial charge on any atom is -0.486 e. The Labute approximate surface area is 177 Å². The number of rotatable bonds is 4. The second-order valence-electron chi connectivity index (χ2n) is 8.55. The highest BCUT2D eigenvalue weighted by Crippen LogP contribution is 2.43. The van der Waals surface area contributed by atoms with Crippen molar-refractivity contribution in [2.75, 3.05) is 38.2 Å². The van der Waals surface area contributed by atoms with Crippen molar-refractivity contribution in [3.05, 3.63) is 54.1 Å². The van der Waals surface area contributed by atoms with Crippen molar-refractivity contribution in [2.24, 2.45) is 5.92 Å². The number of carbonyl (C=O) groups is 1. The molecule has 1 saturated heterocycles. The number of amides is 1. The molecular formula is C24H28N2O4. The minimum atomic E-state index is -0.616. The number of likely N-dealkylation sites (tertiary alicyclic amines) is 1. The number of hydrogen-bond donors (Lipinski definition) is 1. The summed E-state index contributed by atoms with van der Waals surface area (Å²) in [5.41, 5.74) is 2.20. The highest BCUT2D eigenvalue weighted by atomic mass is 16.6. The van der Waals surface area contributed by atoms with Crippen LogP contribution in [-0.4, -0.2) is 61.4 Å². The second kappa shape index (κ2) is 7.93. The van der Waals surface area contributed by atoms with Crippen molar-refractivity contribution in [1.82, 2.24) is 4.90 Å². The van der Waals surface area contributed by atoms with Gasteiger partial charge in [-0.05, 0) is 55.6 Å². The molecule has 0 radical (unpaired) electrons. The molecule has 2 aromatic rings. The van der Waals surface area contributed by atoms with E-state index in [0.29, 0.717) is 24.8 Å². The molecule has 3 unspecified atom stereocenters. The monoisotopic (exact) mass is 408 g/mol. The van der Waals surface area contributed by atoms with E-state index in [1.165, 1.54) is 0 Å². The van der Waals surface area contributed by atoms with Crippen LogP contribution in [0, 0.1) is 5.92 Å². The summed E-state index contributed by atoms with van der Waals surface area (Å²) in [4.78, 5) is 16.9. The van der Waals surface area contributed by atoms with Crippen LogP contribution in [0.3, 0.4) is 0 Å². The molecule has 0 aromatic heterocycles. The van der Waals surface area contributed by atoms with E-state index in [-0.39, 0.29) is 17.9 Å². The molecule has 0 spiro atoms. The third kappa shape index (κ3) is 3.44. The fourth-order valence-corrected chi connectivity index (χ4v) is 5.05. The number of hydrogen-bond acceptors (Lipinski definition) is 5. The first-order valence-electron chi connectivity index (χ1n) is 10.8. The lowest BCUT2D eigenvalue weighted by atomic mass is 9.80. The lowest BCUT2D eigenvalue weighted by molar-refractivity contribution is -0.120. The molecule has 0 bridgehead atoms. The maximum Gasteiger partial charge on any atom is 0.234 e. The Morgan fingerprint density at radius 3 is 2.57 bits per heavy atom. The molecule has 6 heteroatoms. The molecular weight excluding hydrogens is 380 g/mol. The van der Waals surface area contributed by atoms with Gasteiger partial charge in [0.2, 0.25) is 5.91 Å². The predicted molar refractivity (Wildman–Crippen MR) is 114 cm³/mol. The summed E-state index contributed by atoms with van der Waals surface area (Å²) in [6.45, 7) is 2.66. The van der Waals surface area contributed by atoms with Crippen molar-refractivity contribution < 1.29 is 19.4 Å². The van der Waals surface area contributed by atoms with E-state index in [2.05, 4.69) is 11.0 Å². The van der Waals surface area contributed by atoms with E-state index in [1.807, 2.05) is 49.5 Å². The van der Waals surface area contributed by atoms with Crippen LogP contribution in [-0.2, 0) is 4.79 Å². The third-order valence-electron chi connectivity index (χ3n) is 6.74. The van der Waals surface area contributed by atoms with Gasteiger partial charge in [0.1, 0.15) is 12.7 Å². The number of nitrogens with zero attached hydrogens (tertiary/aromatic N) is 2. The number of para-hydroxylation sites is 3. The van der Waals surface area contributed by atoms with Gasteiger partial charge in [-0.1, -0.05) is 30.3 Å². The van der Waals surface area contributed by atoms with Crippen LogP contribution in [0.2, 0.25) is 0 Å². The van der Waals surface area contributed by atoms with Crippen LogP contribution >= 0.6 is 0 Å². The zero-order chi connectivity index (χ0) is 20.7. The van der Waals surface area contributed by atoms with Crippen molar-refractivity contribution in [3.63, 3.8) is 0 Å². The molecule has 0 saturated carbocycles. The Morgan fingerprint density at radius 2 is 1.77 bits per heavy atom. The van der Waals surface area contributed by atoms with Crippen molar-refractivity contribution >= 4 is 11.6 Å². The summed E-state index contributed by atoms with van der Waals surface area (Å²) in [6.07, 6.45) is 0.927. The van der Waals surface area contributed by atoms with Gasteiger partial charge in [-0.25, -0.2) is 0 Å². The quantitative estimate of drug-likeness (QED) is 0.843. The molecule has 3 atom stereocenters. The van der Waals surface area contributed by atoms with Crippen LogP contribution in [0.1, 0.15) is 24.3 Å². The average Bonchev–Trinajstić information content (AvgIpc) is 3.04. The number of carbonyl (C=O) groups excluding carboxylic acids is 1. The SMILES string of the molecule is CN1C(=O)C(C2CCN(CC(O)C3COc4ccccc4O3)CC2)c2ccccc21. The molecule has 1 N–H and O–H groups in total. The molecule has 3 aliphatic heterocycles. The van der Waals surface area contributed by atoms with Gasteiger partial charge in [0, 0.05) is 19.3 Å². The van der Waals surface area contributed by atoms with Gasteiger partial charge in [0.15, 0.2) is 17.6 Å². The van der Waals surface area contributed by atoms with Crippen LogP contribution in [0.15, 0.2) is 48.5 Å². The van der Waals surface area contributed by atoms with Crippen LogP contribution in [0.5, 0.6) is 11.5 Å². The van der Waals surface area contributed by atoms with Gasteiger partial charge in [0.25, 0.3) is 0 Å². The Bertz CT molecular complexity index is 925. The molecule has 3 aliphatic rings. The molecule has 5 rings (SSSR count). The van der Waals surface area contributed by atoms with E-state index in [0.717, 1.165) is 42.9 Å². The fourth-order valence-electron chi connectivity index (χ4n) is 5.05. The number of ether oxygens (including phenoxy) is 2. The van der Waals surface area contributed by atoms with Gasteiger partial charge in [0.05, 0.1) is 5.92 Å². The van der Waals surface area contributed by atoms with Gasteiger partial charge in [-0.15, -0.1) is 0 Å². The highest BCUT2D eigenvalue weighted by Gasteiger charge is 2.41. The molecule has 3 heterocycles. The Morgan fingerprint density at radius 1 is 1.07 bits per heavy atom. The Kier molecular flexibility index (Phi) is 5.13. The first-order valence-corrected chi connectivity index (χ1v) is 10.8. The zero-order valence-corrected chi connectivity index (χ0v) is 17.2. The largest absolute Gasteiger partial charge is 0.486 e. The zero-order valence-electron chi connectivity index (χ0n) is 17.2. The molecule has 2 aromatic carbocycles. The Balaban J connectivity index is 1.18. The van der Waals surface area contributed by atoms with E-state index in [4.69, 9.17) is 9.47 Å². The van der Waals surface area contributed by atoms with Gasteiger partial charge < -0.3 is 24.4 Å². The normalized spacial score (nSPS) is 25.3. The first kappa shape index (κ1) is 19.4. The molecule has 0 aliphatic carbocycles. The second-order valence-corrected chi connectivity index (χ2v) is 8.55. The number of fused-ring (bicyclic) bond motifs is 2. The van der Waals surface area contributed by atoms with Crippen molar-refractivity contribution in [2.45, 2.75) is 31.0 Å². The fraction of sp³-hybridized carbons (Fsp3) is 0.458. The van der Waals surface area contributed by atoms with E-state index < -0.39 is 6.10 Å². The first-order chi connectivity index (χ1) is 14.6. The smallest absolute Gasteiger partial charge is 0.234 e.